The summed E-state index contributed by atoms with van der Waals surface area (Å²) >= 11 is 0. The molecule has 1 aliphatic carbocycles. The number of rotatable bonds is 12. The van der Waals surface area contributed by atoms with Gasteiger partial charge in [-0.25, -0.2) is 10.5 Å². The Morgan fingerprint density at radius 1 is 1.15 bits per heavy atom. The Hall–Kier alpha value is -3.59. The van der Waals surface area contributed by atoms with Crippen LogP contribution in [0.3, 0.4) is 0 Å². The van der Waals surface area contributed by atoms with E-state index in [-0.39, 0.29) is 6.54 Å². The van der Waals surface area contributed by atoms with Crippen LogP contribution in [-0.4, -0.2) is 50.1 Å². The zero-order valence-corrected chi connectivity index (χ0v) is 18.8. The van der Waals surface area contributed by atoms with Gasteiger partial charge >= 0.3 is 0 Å². The first-order valence-corrected chi connectivity index (χ1v) is 10.9. The molecule has 1 heterocycles. The molecule has 1 unspecified atom stereocenters. The number of anilines is 2. The molecule has 0 saturated heterocycles. The van der Waals surface area contributed by atoms with Crippen LogP contribution in [0.25, 0.3) is 11.0 Å². The Bertz CT molecular complexity index is 1110. The molecule has 1 saturated carbocycles. The smallest absolute Gasteiger partial charge is 0.133 e. The zero-order valence-electron chi connectivity index (χ0n) is 18.8. The van der Waals surface area contributed by atoms with E-state index in [0.29, 0.717) is 18.2 Å². The number of ether oxygens (including phenoxy) is 2. The molecule has 2 aromatic carbocycles. The van der Waals surface area contributed by atoms with E-state index < -0.39 is 6.04 Å². The third-order valence-electron chi connectivity index (χ3n) is 5.70. The summed E-state index contributed by atoms with van der Waals surface area (Å²) in [6, 6.07) is 11.4. The minimum absolute atomic E-state index is 0.206. The van der Waals surface area contributed by atoms with Gasteiger partial charge in [0.2, 0.25) is 0 Å². The van der Waals surface area contributed by atoms with Gasteiger partial charge in [0.1, 0.15) is 23.8 Å². The number of aldehydes is 1. The molecule has 1 aromatic heterocycles. The first kappa shape index (κ1) is 22.6. The first-order chi connectivity index (χ1) is 16.1. The van der Waals surface area contributed by atoms with Crippen molar-refractivity contribution in [1.82, 2.24) is 15.3 Å². The molecule has 9 heteroatoms. The minimum Gasteiger partial charge on any atom is -0.497 e. The first-order valence-electron chi connectivity index (χ1n) is 10.9. The van der Waals surface area contributed by atoms with Crippen molar-refractivity contribution in [2.75, 3.05) is 38.8 Å². The number of aromatic nitrogens is 2. The number of hydrogen-bond acceptors (Lipinski definition) is 9. The molecule has 0 bridgehead atoms. The van der Waals surface area contributed by atoms with E-state index >= 15 is 0 Å². The maximum Gasteiger partial charge on any atom is 0.133 e. The largest absolute Gasteiger partial charge is 0.497 e. The van der Waals surface area contributed by atoms with Crippen LogP contribution < -0.4 is 19.7 Å². The predicted molar refractivity (Wildman–Crippen MR) is 126 cm³/mol. The predicted octanol–water partition coefficient (Wildman–Crippen LogP) is 4.06. The number of benzene rings is 2. The molecular formula is C24H28N6O3. The van der Waals surface area contributed by atoms with Crippen LogP contribution in [0.2, 0.25) is 0 Å². The van der Waals surface area contributed by atoms with Gasteiger partial charge in [-0.1, -0.05) is 0 Å². The Morgan fingerprint density at radius 3 is 2.55 bits per heavy atom. The second-order valence-corrected chi connectivity index (χ2v) is 8.06. The highest BCUT2D eigenvalue weighted by Gasteiger charge is 2.26. The molecule has 172 valence electrons. The van der Waals surface area contributed by atoms with Gasteiger partial charge in [0, 0.05) is 42.7 Å². The maximum absolute atomic E-state index is 10.6. The Balaban J connectivity index is 1.70. The van der Waals surface area contributed by atoms with E-state index in [4.69, 9.17) is 20.0 Å². The van der Waals surface area contributed by atoms with E-state index in [1.54, 1.807) is 20.4 Å². The third kappa shape index (κ3) is 5.43. The average Bonchev–Trinajstić information content (AvgIpc) is 3.68. The SMILES string of the molecule is COc1cc(OC)cc(N(CC2CC2)c2ccc3ncc(C(CNCC=O)N=N)nc3c2)c1. The Labute approximate surface area is 192 Å². The van der Waals surface area contributed by atoms with Crippen molar-refractivity contribution in [2.24, 2.45) is 11.0 Å². The lowest BCUT2D eigenvalue weighted by Crippen LogP contribution is -2.23. The van der Waals surface area contributed by atoms with Crippen LogP contribution in [-0.2, 0) is 4.79 Å². The molecule has 4 rings (SSSR count). The molecule has 0 radical (unpaired) electrons. The van der Waals surface area contributed by atoms with Gasteiger partial charge in [0.05, 0.1) is 43.7 Å². The quantitative estimate of drug-likeness (QED) is 0.244. The van der Waals surface area contributed by atoms with Crippen molar-refractivity contribution in [3.05, 3.63) is 48.3 Å². The average molecular weight is 449 g/mol. The van der Waals surface area contributed by atoms with Gasteiger partial charge in [-0.3, -0.25) is 4.98 Å². The lowest BCUT2D eigenvalue weighted by atomic mass is 10.1. The van der Waals surface area contributed by atoms with Gasteiger partial charge in [-0.05, 0) is 37.0 Å². The van der Waals surface area contributed by atoms with E-state index in [0.717, 1.165) is 46.7 Å². The van der Waals surface area contributed by atoms with Crippen molar-refractivity contribution in [1.29, 1.82) is 5.53 Å². The summed E-state index contributed by atoms with van der Waals surface area (Å²) in [5.74, 6) is 2.11. The third-order valence-corrected chi connectivity index (χ3v) is 5.70. The highest BCUT2D eigenvalue weighted by Crippen LogP contribution is 2.38. The van der Waals surface area contributed by atoms with Crippen molar-refractivity contribution in [2.45, 2.75) is 18.9 Å². The maximum atomic E-state index is 10.6. The summed E-state index contributed by atoms with van der Waals surface area (Å²) < 4.78 is 11.0. The van der Waals surface area contributed by atoms with Crippen molar-refractivity contribution >= 4 is 28.7 Å². The number of carbonyl (C=O) groups is 1. The molecule has 1 fully saturated rings. The summed E-state index contributed by atoms with van der Waals surface area (Å²) in [7, 11) is 3.29. The topological polar surface area (TPSA) is 113 Å². The van der Waals surface area contributed by atoms with E-state index in [9.17, 15) is 4.79 Å². The van der Waals surface area contributed by atoms with Gasteiger partial charge in [0.15, 0.2) is 0 Å². The zero-order chi connectivity index (χ0) is 23.2. The second kappa shape index (κ2) is 10.4. The number of hydrogen-bond donors (Lipinski definition) is 2. The van der Waals surface area contributed by atoms with Crippen LogP contribution in [0.1, 0.15) is 24.6 Å². The second-order valence-electron chi connectivity index (χ2n) is 8.06. The van der Waals surface area contributed by atoms with Gasteiger partial charge in [-0.2, -0.15) is 5.11 Å². The van der Waals surface area contributed by atoms with Crippen LogP contribution in [0.15, 0.2) is 47.7 Å². The molecule has 1 aliphatic rings. The highest BCUT2D eigenvalue weighted by atomic mass is 16.5. The number of fused-ring (bicyclic) bond motifs is 1. The van der Waals surface area contributed by atoms with E-state index in [1.165, 1.54) is 12.8 Å². The molecule has 3 aromatic rings. The lowest BCUT2D eigenvalue weighted by molar-refractivity contribution is -0.107. The molecule has 2 N–H and O–H groups in total. The van der Waals surface area contributed by atoms with Crippen LogP contribution >= 0.6 is 0 Å². The fourth-order valence-electron chi connectivity index (χ4n) is 3.70. The molecule has 0 spiro atoms. The van der Waals surface area contributed by atoms with E-state index in [1.807, 2.05) is 36.4 Å². The molecule has 0 amide bonds. The van der Waals surface area contributed by atoms with Gasteiger partial charge in [0.25, 0.3) is 0 Å². The Kier molecular flexibility index (Phi) is 7.09. The summed E-state index contributed by atoms with van der Waals surface area (Å²) in [5, 5.41) is 6.61. The van der Waals surface area contributed by atoms with E-state index in [2.05, 4.69) is 20.3 Å². The number of carbonyl (C=O) groups excluding carboxylic acids is 1. The Morgan fingerprint density at radius 2 is 1.91 bits per heavy atom. The highest BCUT2D eigenvalue weighted by molar-refractivity contribution is 5.81. The summed E-state index contributed by atoms with van der Waals surface area (Å²) in [4.78, 5) is 22.1. The summed E-state index contributed by atoms with van der Waals surface area (Å²) in [6.45, 7) is 1.44. The van der Waals surface area contributed by atoms with Crippen LogP contribution in [0.4, 0.5) is 11.4 Å². The van der Waals surface area contributed by atoms with Crippen molar-refractivity contribution in [3.8, 4) is 11.5 Å². The summed E-state index contributed by atoms with van der Waals surface area (Å²) in [5.41, 5.74) is 11.6. The van der Waals surface area contributed by atoms with Crippen molar-refractivity contribution in [3.63, 3.8) is 0 Å². The van der Waals surface area contributed by atoms with Gasteiger partial charge < -0.3 is 24.5 Å². The molecule has 33 heavy (non-hydrogen) atoms. The molecular weight excluding hydrogens is 420 g/mol. The van der Waals surface area contributed by atoms with Crippen molar-refractivity contribution < 1.29 is 14.3 Å². The molecule has 0 aliphatic heterocycles. The number of nitrogens with one attached hydrogen (secondary N) is 2. The fraction of sp³-hybridized carbons (Fsp3) is 0.375. The lowest BCUT2D eigenvalue weighted by Gasteiger charge is -2.26. The molecule has 1 atom stereocenters. The monoisotopic (exact) mass is 448 g/mol. The van der Waals surface area contributed by atoms with Crippen LogP contribution in [0.5, 0.6) is 11.5 Å². The van der Waals surface area contributed by atoms with Gasteiger partial charge in [-0.15, -0.1) is 0 Å². The minimum atomic E-state index is -0.504. The number of methoxy groups -OCH3 is 2. The normalized spacial score (nSPS) is 14.0. The number of nitrogens with zero attached hydrogens (tertiary/aromatic N) is 4. The van der Waals surface area contributed by atoms with Crippen LogP contribution in [0, 0.1) is 11.4 Å². The molecule has 9 nitrogen and oxygen atoms in total. The standard InChI is InChI=1S/C24H28N6O3/c1-32-19-9-18(10-20(12-19)33-2)30(15-16-3-4-16)17-5-6-21-22(11-17)28-23(14-27-21)24(29-25)13-26-7-8-31/h5-6,8-12,14,16,24-26H,3-4,7,13,15H2,1-2H3. The summed E-state index contributed by atoms with van der Waals surface area (Å²) in [6.07, 6.45) is 4.86. The fourth-order valence-corrected chi connectivity index (χ4v) is 3.70.